The Morgan fingerprint density at radius 2 is 1.91 bits per heavy atom. The Hall–Kier alpha value is -4.24. The SMILES string of the molecule is Cc1c(Nc2c(C#N)cncc2-c2cnc(CN3CCOCC3)c(C#N)c2)ccc2[nH]ccc12. The van der Waals surface area contributed by atoms with Gasteiger partial charge in [-0.2, -0.15) is 10.5 Å². The lowest BCUT2D eigenvalue weighted by Gasteiger charge is -2.26. The molecule has 5 rings (SSSR count). The molecule has 0 atom stereocenters. The molecular formula is C26H23N7O. The number of ether oxygens (including phenoxy) is 1. The lowest BCUT2D eigenvalue weighted by molar-refractivity contribution is 0.0336. The molecule has 1 aromatic carbocycles. The monoisotopic (exact) mass is 449 g/mol. The summed E-state index contributed by atoms with van der Waals surface area (Å²) < 4.78 is 5.41. The third kappa shape index (κ3) is 4.08. The van der Waals surface area contributed by atoms with Crippen molar-refractivity contribution in [1.29, 1.82) is 10.5 Å². The Morgan fingerprint density at radius 1 is 1.09 bits per heavy atom. The molecule has 4 heterocycles. The van der Waals surface area contributed by atoms with Gasteiger partial charge in [-0.1, -0.05) is 0 Å². The number of aromatic nitrogens is 3. The maximum Gasteiger partial charge on any atom is 0.103 e. The van der Waals surface area contributed by atoms with Crippen LogP contribution >= 0.6 is 0 Å². The van der Waals surface area contributed by atoms with E-state index >= 15 is 0 Å². The van der Waals surface area contributed by atoms with Crippen LogP contribution in [0, 0.1) is 29.6 Å². The van der Waals surface area contributed by atoms with E-state index in [0.717, 1.165) is 52.1 Å². The highest BCUT2D eigenvalue weighted by Gasteiger charge is 2.18. The minimum atomic E-state index is 0.418. The molecule has 1 aliphatic heterocycles. The number of benzene rings is 1. The van der Waals surface area contributed by atoms with E-state index in [1.165, 1.54) is 0 Å². The fraction of sp³-hybridized carbons (Fsp3) is 0.231. The molecule has 0 saturated carbocycles. The van der Waals surface area contributed by atoms with Crippen molar-refractivity contribution in [2.75, 3.05) is 31.6 Å². The van der Waals surface area contributed by atoms with Crippen LogP contribution in [0.3, 0.4) is 0 Å². The van der Waals surface area contributed by atoms with Crippen LogP contribution in [0.2, 0.25) is 0 Å². The zero-order valence-electron chi connectivity index (χ0n) is 18.8. The third-order valence-corrected chi connectivity index (χ3v) is 6.21. The van der Waals surface area contributed by atoms with Gasteiger partial charge in [0, 0.05) is 72.1 Å². The van der Waals surface area contributed by atoms with Gasteiger partial charge in [0.15, 0.2) is 0 Å². The highest BCUT2D eigenvalue weighted by atomic mass is 16.5. The van der Waals surface area contributed by atoms with E-state index in [0.29, 0.717) is 36.6 Å². The molecule has 168 valence electrons. The molecule has 1 saturated heterocycles. The number of hydrogen-bond donors (Lipinski definition) is 2. The van der Waals surface area contributed by atoms with Crippen LogP contribution in [0.5, 0.6) is 0 Å². The summed E-state index contributed by atoms with van der Waals surface area (Å²) in [4.78, 5) is 14.3. The van der Waals surface area contributed by atoms with Crippen LogP contribution in [0.25, 0.3) is 22.0 Å². The van der Waals surface area contributed by atoms with Crippen molar-refractivity contribution in [1.82, 2.24) is 19.9 Å². The molecule has 0 amide bonds. The normalized spacial score (nSPS) is 14.0. The highest BCUT2D eigenvalue weighted by Crippen LogP contribution is 2.35. The van der Waals surface area contributed by atoms with E-state index in [1.807, 2.05) is 37.4 Å². The molecule has 0 unspecified atom stereocenters. The lowest BCUT2D eigenvalue weighted by Crippen LogP contribution is -2.36. The molecule has 1 aliphatic rings. The van der Waals surface area contributed by atoms with Gasteiger partial charge in [-0.3, -0.25) is 14.9 Å². The first-order valence-corrected chi connectivity index (χ1v) is 11.1. The molecule has 0 radical (unpaired) electrons. The lowest BCUT2D eigenvalue weighted by atomic mass is 10.0. The fourth-order valence-corrected chi connectivity index (χ4v) is 4.29. The number of pyridine rings is 2. The first kappa shape index (κ1) is 21.6. The molecule has 3 aromatic heterocycles. The van der Waals surface area contributed by atoms with Gasteiger partial charge in [0.2, 0.25) is 0 Å². The van der Waals surface area contributed by atoms with Crippen LogP contribution in [-0.2, 0) is 11.3 Å². The standard InChI is InChI=1S/C26H23N7O/c1-17-21-4-5-30-24(21)3-2-23(17)32-26-20(12-28)13-29-15-22(26)19-10-18(11-27)25(31-14-19)16-33-6-8-34-9-7-33/h2-5,10,13-15,30H,6-9,16H2,1H3,(H,29,32). The van der Waals surface area contributed by atoms with E-state index in [2.05, 4.69) is 37.3 Å². The quantitative estimate of drug-likeness (QED) is 0.468. The Balaban J connectivity index is 1.53. The summed E-state index contributed by atoms with van der Waals surface area (Å²) in [5, 5.41) is 24.2. The number of fused-ring (bicyclic) bond motifs is 1. The van der Waals surface area contributed by atoms with Crippen LogP contribution < -0.4 is 5.32 Å². The van der Waals surface area contributed by atoms with Crippen molar-refractivity contribution in [3.63, 3.8) is 0 Å². The molecule has 8 heteroatoms. The molecule has 4 aromatic rings. The number of nitrogens with zero attached hydrogens (tertiary/aromatic N) is 5. The van der Waals surface area contributed by atoms with Crippen molar-refractivity contribution in [2.45, 2.75) is 13.5 Å². The molecular weight excluding hydrogens is 426 g/mol. The second-order valence-electron chi connectivity index (χ2n) is 8.24. The summed E-state index contributed by atoms with van der Waals surface area (Å²) >= 11 is 0. The number of nitrogens with one attached hydrogen (secondary N) is 2. The number of morpholine rings is 1. The molecule has 0 spiro atoms. The number of aryl methyl sites for hydroxylation is 1. The van der Waals surface area contributed by atoms with Crippen molar-refractivity contribution >= 4 is 22.3 Å². The van der Waals surface area contributed by atoms with Crippen molar-refractivity contribution in [3.05, 3.63) is 71.4 Å². The van der Waals surface area contributed by atoms with E-state index in [1.54, 1.807) is 18.6 Å². The van der Waals surface area contributed by atoms with Gasteiger partial charge in [0.05, 0.1) is 35.7 Å². The Bertz CT molecular complexity index is 1440. The van der Waals surface area contributed by atoms with E-state index in [-0.39, 0.29) is 0 Å². The van der Waals surface area contributed by atoms with Crippen molar-refractivity contribution in [3.8, 4) is 23.3 Å². The van der Waals surface area contributed by atoms with Gasteiger partial charge in [0.25, 0.3) is 0 Å². The summed E-state index contributed by atoms with van der Waals surface area (Å²) in [6.45, 7) is 5.67. The second kappa shape index (κ2) is 9.32. The van der Waals surface area contributed by atoms with Gasteiger partial charge >= 0.3 is 0 Å². The topological polar surface area (TPSA) is 114 Å². The van der Waals surface area contributed by atoms with E-state index in [4.69, 9.17) is 4.74 Å². The molecule has 1 fully saturated rings. The first-order valence-electron chi connectivity index (χ1n) is 11.1. The Labute approximate surface area is 197 Å². The number of nitriles is 2. The van der Waals surface area contributed by atoms with E-state index < -0.39 is 0 Å². The Morgan fingerprint density at radius 3 is 2.71 bits per heavy atom. The Kier molecular flexibility index (Phi) is 5.92. The number of H-pyrrole nitrogens is 1. The highest BCUT2D eigenvalue weighted by molar-refractivity contribution is 5.91. The molecule has 34 heavy (non-hydrogen) atoms. The summed E-state index contributed by atoms with van der Waals surface area (Å²) in [6.07, 6.45) is 6.91. The van der Waals surface area contributed by atoms with Crippen molar-refractivity contribution < 1.29 is 4.74 Å². The summed E-state index contributed by atoms with van der Waals surface area (Å²) in [5.41, 5.74) is 6.78. The summed E-state index contributed by atoms with van der Waals surface area (Å²) in [6, 6.07) is 12.4. The first-order chi connectivity index (χ1) is 16.7. The van der Waals surface area contributed by atoms with Gasteiger partial charge < -0.3 is 15.0 Å². The number of aromatic amines is 1. The average Bonchev–Trinajstić information content (AvgIpc) is 3.36. The maximum atomic E-state index is 9.82. The minimum absolute atomic E-state index is 0.418. The minimum Gasteiger partial charge on any atom is -0.379 e. The zero-order valence-corrected chi connectivity index (χ0v) is 18.8. The largest absolute Gasteiger partial charge is 0.379 e. The van der Waals surface area contributed by atoms with Crippen LogP contribution in [0.15, 0.2) is 49.1 Å². The summed E-state index contributed by atoms with van der Waals surface area (Å²) in [5.74, 6) is 0. The zero-order chi connectivity index (χ0) is 23.5. The number of hydrogen-bond acceptors (Lipinski definition) is 7. The number of anilines is 2. The van der Waals surface area contributed by atoms with Gasteiger partial charge in [0.1, 0.15) is 12.1 Å². The van der Waals surface area contributed by atoms with Crippen LogP contribution in [0.4, 0.5) is 11.4 Å². The molecule has 2 N–H and O–H groups in total. The van der Waals surface area contributed by atoms with Crippen LogP contribution in [0.1, 0.15) is 22.4 Å². The molecule has 0 aliphatic carbocycles. The number of rotatable bonds is 5. The summed E-state index contributed by atoms with van der Waals surface area (Å²) in [7, 11) is 0. The average molecular weight is 450 g/mol. The van der Waals surface area contributed by atoms with Crippen molar-refractivity contribution in [2.24, 2.45) is 0 Å². The smallest absolute Gasteiger partial charge is 0.103 e. The molecule has 8 nitrogen and oxygen atoms in total. The third-order valence-electron chi connectivity index (χ3n) is 6.21. The van der Waals surface area contributed by atoms with Crippen LogP contribution in [-0.4, -0.2) is 46.2 Å². The van der Waals surface area contributed by atoms with Gasteiger partial charge in [-0.25, -0.2) is 0 Å². The predicted octanol–water partition coefficient (Wildman–Crippen LogP) is 4.25. The second-order valence-corrected chi connectivity index (χ2v) is 8.24. The van der Waals surface area contributed by atoms with Gasteiger partial charge in [-0.05, 0) is 36.8 Å². The van der Waals surface area contributed by atoms with Gasteiger partial charge in [-0.15, -0.1) is 0 Å². The maximum absolute atomic E-state index is 9.82. The van der Waals surface area contributed by atoms with E-state index in [9.17, 15) is 10.5 Å². The predicted molar refractivity (Wildman–Crippen MR) is 129 cm³/mol. The molecule has 0 bridgehead atoms. The fourth-order valence-electron chi connectivity index (χ4n) is 4.29.